The summed E-state index contributed by atoms with van der Waals surface area (Å²) >= 11 is 0. The van der Waals surface area contributed by atoms with Crippen LogP contribution in [0, 0.1) is 12.8 Å². The van der Waals surface area contributed by atoms with Gasteiger partial charge in [-0.1, -0.05) is 0 Å². The van der Waals surface area contributed by atoms with Crippen LogP contribution in [0.2, 0.25) is 0 Å². The number of aliphatic hydroxyl groups excluding tert-OH is 1. The molecular formula is C14H23N3O2. The van der Waals surface area contributed by atoms with Crippen molar-refractivity contribution in [2.75, 3.05) is 13.6 Å². The Morgan fingerprint density at radius 2 is 2.37 bits per heavy atom. The molecule has 2 rings (SSSR count). The maximum absolute atomic E-state index is 11.9. The van der Waals surface area contributed by atoms with Crippen LogP contribution in [0.4, 0.5) is 0 Å². The van der Waals surface area contributed by atoms with Crippen molar-refractivity contribution in [3.8, 4) is 0 Å². The van der Waals surface area contributed by atoms with E-state index in [0.29, 0.717) is 18.9 Å². The van der Waals surface area contributed by atoms with Gasteiger partial charge in [0, 0.05) is 39.0 Å². The van der Waals surface area contributed by atoms with Crippen LogP contribution in [-0.4, -0.2) is 45.2 Å². The summed E-state index contributed by atoms with van der Waals surface area (Å²) in [5, 5.41) is 9.81. The highest BCUT2D eigenvalue weighted by Gasteiger charge is 2.30. The fraction of sp³-hybridized carbons (Fsp3) is 0.714. The van der Waals surface area contributed by atoms with Gasteiger partial charge in [0.25, 0.3) is 0 Å². The Bertz CT molecular complexity index is 426. The molecule has 1 aliphatic rings. The van der Waals surface area contributed by atoms with Gasteiger partial charge in [-0.05, 0) is 32.1 Å². The largest absolute Gasteiger partial charge is 0.391 e. The first-order valence-electron chi connectivity index (χ1n) is 6.97. The standard InChI is InChI=1S/C14H23N3O2/c1-11-15-7-9-17(11)8-3-4-14(19)16(2)10-13(18)12-5-6-12/h7,9,12-13,18H,3-6,8,10H2,1-2H3. The van der Waals surface area contributed by atoms with Crippen molar-refractivity contribution < 1.29 is 9.90 Å². The van der Waals surface area contributed by atoms with Gasteiger partial charge in [-0.3, -0.25) is 4.79 Å². The van der Waals surface area contributed by atoms with Gasteiger partial charge >= 0.3 is 0 Å². The number of carbonyl (C=O) groups is 1. The van der Waals surface area contributed by atoms with E-state index in [2.05, 4.69) is 4.98 Å². The average molecular weight is 265 g/mol. The summed E-state index contributed by atoms with van der Waals surface area (Å²) < 4.78 is 2.05. The first kappa shape index (κ1) is 14.1. The summed E-state index contributed by atoms with van der Waals surface area (Å²) in [6.45, 7) is 3.24. The molecule has 1 atom stereocenters. The lowest BCUT2D eigenvalue weighted by molar-refractivity contribution is -0.131. The molecule has 1 saturated carbocycles. The van der Waals surface area contributed by atoms with Crippen molar-refractivity contribution in [3.63, 3.8) is 0 Å². The van der Waals surface area contributed by atoms with Gasteiger partial charge in [-0.25, -0.2) is 4.98 Å². The molecule has 1 aromatic heterocycles. The molecule has 0 aliphatic heterocycles. The Morgan fingerprint density at radius 1 is 1.63 bits per heavy atom. The van der Waals surface area contributed by atoms with E-state index >= 15 is 0 Å². The summed E-state index contributed by atoms with van der Waals surface area (Å²) in [5.41, 5.74) is 0. The monoisotopic (exact) mass is 265 g/mol. The van der Waals surface area contributed by atoms with E-state index in [0.717, 1.165) is 31.6 Å². The molecule has 1 heterocycles. The number of hydrogen-bond acceptors (Lipinski definition) is 3. The predicted octanol–water partition coefficient (Wildman–Crippen LogP) is 1.20. The number of imidazole rings is 1. The first-order valence-corrected chi connectivity index (χ1v) is 6.97. The lowest BCUT2D eigenvalue weighted by Crippen LogP contribution is -2.35. The topological polar surface area (TPSA) is 58.4 Å². The third-order valence-electron chi connectivity index (χ3n) is 3.77. The van der Waals surface area contributed by atoms with Crippen LogP contribution in [0.15, 0.2) is 12.4 Å². The van der Waals surface area contributed by atoms with Crippen molar-refractivity contribution in [2.45, 2.75) is 45.3 Å². The van der Waals surface area contributed by atoms with Crippen LogP contribution < -0.4 is 0 Å². The van der Waals surface area contributed by atoms with E-state index in [1.807, 2.05) is 17.7 Å². The number of aromatic nitrogens is 2. The summed E-state index contributed by atoms with van der Waals surface area (Å²) in [4.78, 5) is 17.7. The third kappa shape index (κ3) is 4.06. The molecule has 1 N–H and O–H groups in total. The van der Waals surface area contributed by atoms with Gasteiger partial charge in [0.2, 0.25) is 5.91 Å². The fourth-order valence-corrected chi connectivity index (χ4v) is 2.24. The zero-order chi connectivity index (χ0) is 13.8. The van der Waals surface area contributed by atoms with Crippen molar-refractivity contribution in [1.29, 1.82) is 0 Å². The van der Waals surface area contributed by atoms with Crippen molar-refractivity contribution in [2.24, 2.45) is 5.92 Å². The first-order chi connectivity index (χ1) is 9.08. The van der Waals surface area contributed by atoms with Crippen LogP contribution in [0.1, 0.15) is 31.5 Å². The molecule has 0 spiro atoms. The molecule has 1 aliphatic carbocycles. The summed E-state index contributed by atoms with van der Waals surface area (Å²) in [5.74, 6) is 1.51. The molecule has 0 aromatic carbocycles. The van der Waals surface area contributed by atoms with E-state index in [-0.39, 0.29) is 12.0 Å². The fourth-order valence-electron chi connectivity index (χ4n) is 2.24. The van der Waals surface area contributed by atoms with E-state index < -0.39 is 0 Å². The number of aryl methyl sites for hydroxylation is 2. The molecule has 0 bridgehead atoms. The van der Waals surface area contributed by atoms with Gasteiger partial charge in [0.1, 0.15) is 5.82 Å². The van der Waals surface area contributed by atoms with Gasteiger partial charge in [0.15, 0.2) is 0 Å². The summed E-state index contributed by atoms with van der Waals surface area (Å²) in [6.07, 6.45) is 6.89. The molecule has 1 fully saturated rings. The second kappa shape index (κ2) is 6.19. The zero-order valence-corrected chi connectivity index (χ0v) is 11.7. The molecular weight excluding hydrogens is 242 g/mol. The van der Waals surface area contributed by atoms with Gasteiger partial charge in [0.05, 0.1) is 6.10 Å². The summed E-state index contributed by atoms with van der Waals surface area (Å²) in [6, 6.07) is 0. The zero-order valence-electron chi connectivity index (χ0n) is 11.7. The number of carbonyl (C=O) groups excluding carboxylic acids is 1. The lowest BCUT2D eigenvalue weighted by Gasteiger charge is -2.20. The Hall–Kier alpha value is -1.36. The number of nitrogens with zero attached hydrogens (tertiary/aromatic N) is 3. The Labute approximate surface area is 114 Å². The molecule has 106 valence electrons. The molecule has 0 saturated heterocycles. The van der Waals surface area contributed by atoms with Crippen LogP contribution >= 0.6 is 0 Å². The van der Waals surface area contributed by atoms with E-state index in [9.17, 15) is 9.90 Å². The quantitative estimate of drug-likeness (QED) is 0.806. The molecule has 1 aromatic rings. The van der Waals surface area contributed by atoms with Crippen LogP contribution in [0.3, 0.4) is 0 Å². The number of aliphatic hydroxyl groups is 1. The number of amides is 1. The second-order valence-electron chi connectivity index (χ2n) is 5.45. The lowest BCUT2D eigenvalue weighted by atomic mass is 10.2. The van der Waals surface area contributed by atoms with Crippen molar-refractivity contribution >= 4 is 5.91 Å². The molecule has 5 nitrogen and oxygen atoms in total. The van der Waals surface area contributed by atoms with Gasteiger partial charge < -0.3 is 14.6 Å². The van der Waals surface area contributed by atoms with Crippen LogP contribution in [-0.2, 0) is 11.3 Å². The minimum atomic E-state index is -0.343. The third-order valence-corrected chi connectivity index (χ3v) is 3.77. The molecule has 5 heteroatoms. The van der Waals surface area contributed by atoms with E-state index in [1.165, 1.54) is 0 Å². The molecule has 1 amide bonds. The maximum atomic E-state index is 11.9. The molecule has 1 unspecified atom stereocenters. The van der Waals surface area contributed by atoms with Gasteiger partial charge in [-0.15, -0.1) is 0 Å². The Balaban J connectivity index is 1.67. The smallest absolute Gasteiger partial charge is 0.222 e. The highest BCUT2D eigenvalue weighted by Crippen LogP contribution is 2.32. The highest BCUT2D eigenvalue weighted by molar-refractivity contribution is 5.75. The number of rotatable bonds is 7. The van der Waals surface area contributed by atoms with Crippen LogP contribution in [0.25, 0.3) is 0 Å². The predicted molar refractivity (Wildman–Crippen MR) is 72.6 cm³/mol. The normalized spacial score (nSPS) is 16.4. The maximum Gasteiger partial charge on any atom is 0.222 e. The minimum absolute atomic E-state index is 0.109. The Kier molecular flexibility index (Phi) is 4.58. The van der Waals surface area contributed by atoms with E-state index in [4.69, 9.17) is 0 Å². The average Bonchev–Trinajstić information content (AvgIpc) is 3.14. The minimum Gasteiger partial charge on any atom is -0.391 e. The molecule has 19 heavy (non-hydrogen) atoms. The second-order valence-corrected chi connectivity index (χ2v) is 5.45. The van der Waals surface area contributed by atoms with Crippen molar-refractivity contribution in [1.82, 2.24) is 14.5 Å². The van der Waals surface area contributed by atoms with E-state index in [1.54, 1.807) is 18.1 Å². The van der Waals surface area contributed by atoms with Crippen LogP contribution in [0.5, 0.6) is 0 Å². The molecule has 0 radical (unpaired) electrons. The number of likely N-dealkylation sites (N-methyl/N-ethyl adjacent to an activating group) is 1. The van der Waals surface area contributed by atoms with Gasteiger partial charge in [-0.2, -0.15) is 0 Å². The van der Waals surface area contributed by atoms with Crippen molar-refractivity contribution in [3.05, 3.63) is 18.2 Å². The summed E-state index contributed by atoms with van der Waals surface area (Å²) in [7, 11) is 1.77. The highest BCUT2D eigenvalue weighted by atomic mass is 16.3. The Morgan fingerprint density at radius 3 is 2.95 bits per heavy atom. The number of hydrogen-bond donors (Lipinski definition) is 1. The SMILES string of the molecule is Cc1nccn1CCCC(=O)N(C)CC(O)C1CC1.